The van der Waals surface area contributed by atoms with Gasteiger partial charge in [0.25, 0.3) is 0 Å². The third kappa shape index (κ3) is 4.13. The Labute approximate surface area is 175 Å². The lowest BCUT2D eigenvalue weighted by molar-refractivity contribution is 0.0367. The van der Waals surface area contributed by atoms with Gasteiger partial charge >= 0.3 is 12.1 Å². The zero-order chi connectivity index (χ0) is 20.8. The van der Waals surface area contributed by atoms with E-state index in [0.29, 0.717) is 6.01 Å². The molecule has 2 fully saturated rings. The molecule has 0 radical (unpaired) electrons. The Bertz CT molecular complexity index is 915. The number of aromatic nitrogens is 2. The first-order valence-electron chi connectivity index (χ1n) is 10.3. The summed E-state index contributed by atoms with van der Waals surface area (Å²) in [5.74, 6) is 0.975. The zero-order valence-electron chi connectivity index (χ0n) is 17.9. The van der Waals surface area contributed by atoms with Crippen molar-refractivity contribution < 1.29 is 14.3 Å². The van der Waals surface area contributed by atoms with Crippen LogP contribution in [0.2, 0.25) is 0 Å². The number of anilines is 1. The molecule has 2 aromatic rings. The smallest absolute Gasteiger partial charge is 0.407 e. The largest absolute Gasteiger partial charge is 0.467 e. The number of thiophene rings is 1. The van der Waals surface area contributed by atoms with Gasteiger partial charge in [-0.15, -0.1) is 11.3 Å². The maximum atomic E-state index is 12.0. The van der Waals surface area contributed by atoms with Crippen LogP contribution in [0, 0.1) is 5.41 Å². The molecule has 158 valence electrons. The van der Waals surface area contributed by atoms with E-state index in [2.05, 4.69) is 28.2 Å². The standard InChI is InChI=1S/C21H30N4O3S/c1-6-14-9-15-16(23-18(27-5)24-17(15)29-14)25-8-7-21(12-25)10-13(11-21)22-19(26)28-20(2,3)4/h9,13H,6-8,10-12H2,1-5H3,(H,22,26). The number of hydrogen-bond acceptors (Lipinski definition) is 7. The number of nitrogens with one attached hydrogen (secondary N) is 1. The molecule has 8 heteroatoms. The predicted molar refractivity (Wildman–Crippen MR) is 115 cm³/mol. The number of amides is 1. The molecule has 1 N–H and O–H groups in total. The Morgan fingerprint density at radius 1 is 1.38 bits per heavy atom. The molecule has 1 saturated carbocycles. The fraction of sp³-hybridized carbons (Fsp3) is 0.667. The first-order valence-corrected chi connectivity index (χ1v) is 11.1. The molecule has 0 bridgehead atoms. The van der Waals surface area contributed by atoms with Crippen molar-refractivity contribution >= 4 is 33.5 Å². The summed E-state index contributed by atoms with van der Waals surface area (Å²) in [6, 6.07) is 2.83. The van der Waals surface area contributed by atoms with Gasteiger partial charge < -0.3 is 19.7 Å². The number of aryl methyl sites for hydroxylation is 1. The van der Waals surface area contributed by atoms with Crippen molar-refractivity contribution in [1.29, 1.82) is 0 Å². The number of methoxy groups -OCH3 is 1. The lowest BCUT2D eigenvalue weighted by Gasteiger charge is -2.45. The van der Waals surface area contributed by atoms with Crippen LogP contribution < -0.4 is 15.0 Å². The number of hydrogen-bond donors (Lipinski definition) is 1. The highest BCUT2D eigenvalue weighted by atomic mass is 32.1. The van der Waals surface area contributed by atoms with E-state index in [1.165, 1.54) is 4.88 Å². The second-order valence-electron chi connectivity index (χ2n) is 9.24. The van der Waals surface area contributed by atoms with Crippen LogP contribution >= 0.6 is 11.3 Å². The summed E-state index contributed by atoms with van der Waals surface area (Å²) in [6.45, 7) is 9.72. The molecule has 29 heavy (non-hydrogen) atoms. The van der Waals surface area contributed by atoms with Crippen LogP contribution in [0.1, 0.15) is 51.8 Å². The molecule has 3 heterocycles. The highest BCUT2D eigenvalue weighted by Crippen LogP contribution is 2.50. The third-order valence-corrected chi connectivity index (χ3v) is 6.92. The van der Waals surface area contributed by atoms with Gasteiger partial charge in [0, 0.05) is 24.0 Å². The van der Waals surface area contributed by atoms with E-state index in [-0.39, 0.29) is 17.6 Å². The molecular weight excluding hydrogens is 388 g/mol. The molecule has 2 aromatic heterocycles. The van der Waals surface area contributed by atoms with E-state index in [9.17, 15) is 4.79 Å². The van der Waals surface area contributed by atoms with Crippen molar-refractivity contribution in [2.75, 3.05) is 25.1 Å². The highest BCUT2D eigenvalue weighted by Gasteiger charge is 2.49. The predicted octanol–water partition coefficient (Wildman–Crippen LogP) is 4.15. The van der Waals surface area contributed by atoms with Crippen LogP contribution in [0.25, 0.3) is 10.2 Å². The van der Waals surface area contributed by atoms with Crippen LogP contribution in [0.15, 0.2) is 6.07 Å². The van der Waals surface area contributed by atoms with Gasteiger partial charge in [-0.3, -0.25) is 0 Å². The number of nitrogens with zero attached hydrogens (tertiary/aromatic N) is 3. The zero-order valence-corrected chi connectivity index (χ0v) is 18.7. The van der Waals surface area contributed by atoms with Gasteiger partial charge in [-0.25, -0.2) is 4.79 Å². The number of carbonyl (C=O) groups is 1. The molecule has 0 atom stereocenters. The lowest BCUT2D eigenvalue weighted by Crippen LogP contribution is -2.52. The summed E-state index contributed by atoms with van der Waals surface area (Å²) in [5, 5.41) is 4.13. The summed E-state index contributed by atoms with van der Waals surface area (Å²) in [5.41, 5.74) is -0.223. The van der Waals surface area contributed by atoms with Crippen LogP contribution in [0.3, 0.4) is 0 Å². The van der Waals surface area contributed by atoms with Gasteiger partial charge in [-0.05, 0) is 57.9 Å². The van der Waals surface area contributed by atoms with Crippen molar-refractivity contribution in [1.82, 2.24) is 15.3 Å². The van der Waals surface area contributed by atoms with E-state index in [0.717, 1.165) is 54.8 Å². The van der Waals surface area contributed by atoms with Gasteiger partial charge in [-0.1, -0.05) is 6.92 Å². The Morgan fingerprint density at radius 3 is 2.79 bits per heavy atom. The van der Waals surface area contributed by atoms with E-state index in [1.807, 2.05) is 20.8 Å². The van der Waals surface area contributed by atoms with Crippen molar-refractivity contribution in [3.63, 3.8) is 0 Å². The first-order chi connectivity index (χ1) is 13.7. The molecule has 0 unspecified atom stereocenters. The molecular formula is C21H30N4O3S. The van der Waals surface area contributed by atoms with Gasteiger partial charge in [0.05, 0.1) is 12.5 Å². The lowest BCUT2D eigenvalue weighted by atomic mass is 9.65. The van der Waals surface area contributed by atoms with Gasteiger partial charge in [0.15, 0.2) is 0 Å². The summed E-state index contributed by atoms with van der Waals surface area (Å²) in [7, 11) is 1.61. The Hall–Kier alpha value is -2.09. The molecule has 1 amide bonds. The number of fused-ring (bicyclic) bond motifs is 1. The fourth-order valence-corrected chi connectivity index (χ4v) is 5.41. The average molecular weight is 419 g/mol. The number of carbonyl (C=O) groups excluding carboxylic acids is 1. The van der Waals surface area contributed by atoms with Crippen molar-refractivity contribution in [3.05, 3.63) is 10.9 Å². The van der Waals surface area contributed by atoms with E-state index < -0.39 is 5.60 Å². The minimum absolute atomic E-state index is 0.192. The number of ether oxygens (including phenoxy) is 2. The molecule has 1 aliphatic heterocycles. The fourth-order valence-electron chi connectivity index (χ4n) is 4.45. The maximum Gasteiger partial charge on any atom is 0.407 e. The third-order valence-electron chi connectivity index (χ3n) is 5.75. The Morgan fingerprint density at radius 2 is 2.14 bits per heavy atom. The summed E-state index contributed by atoms with van der Waals surface area (Å²) in [4.78, 5) is 25.9. The number of rotatable bonds is 4. The topological polar surface area (TPSA) is 76.6 Å². The maximum absolute atomic E-state index is 12.0. The van der Waals surface area contributed by atoms with Crippen LogP contribution in [-0.2, 0) is 11.2 Å². The highest BCUT2D eigenvalue weighted by molar-refractivity contribution is 7.18. The monoisotopic (exact) mass is 418 g/mol. The normalized spacial score (nSPS) is 24.0. The quantitative estimate of drug-likeness (QED) is 0.804. The average Bonchev–Trinajstić information content (AvgIpc) is 3.22. The molecule has 2 aliphatic rings. The van der Waals surface area contributed by atoms with E-state index in [1.54, 1.807) is 18.4 Å². The summed E-state index contributed by atoms with van der Waals surface area (Å²) >= 11 is 1.71. The Balaban J connectivity index is 1.45. The second kappa shape index (κ2) is 7.31. The number of alkyl carbamates (subject to hydrolysis) is 1. The van der Waals surface area contributed by atoms with Gasteiger partial charge in [0.2, 0.25) is 0 Å². The first kappa shape index (κ1) is 20.2. The van der Waals surface area contributed by atoms with Gasteiger partial charge in [0.1, 0.15) is 16.2 Å². The van der Waals surface area contributed by atoms with Crippen LogP contribution in [-0.4, -0.2) is 47.9 Å². The molecule has 1 saturated heterocycles. The van der Waals surface area contributed by atoms with Crippen LogP contribution in [0.5, 0.6) is 6.01 Å². The van der Waals surface area contributed by atoms with Crippen LogP contribution in [0.4, 0.5) is 10.6 Å². The summed E-state index contributed by atoms with van der Waals surface area (Å²) < 4.78 is 10.7. The second-order valence-corrected chi connectivity index (χ2v) is 10.4. The molecule has 7 nitrogen and oxygen atoms in total. The van der Waals surface area contributed by atoms with E-state index in [4.69, 9.17) is 14.5 Å². The SMILES string of the molecule is CCc1cc2c(N3CCC4(CC(NC(=O)OC(C)(C)C)C4)C3)nc(OC)nc2s1. The minimum atomic E-state index is -0.467. The molecule has 1 spiro atoms. The molecule has 0 aromatic carbocycles. The molecule has 1 aliphatic carbocycles. The summed E-state index contributed by atoms with van der Waals surface area (Å²) in [6.07, 6.45) is 3.75. The van der Waals surface area contributed by atoms with Gasteiger partial charge in [-0.2, -0.15) is 9.97 Å². The van der Waals surface area contributed by atoms with Crippen molar-refractivity contribution in [2.45, 2.75) is 65.0 Å². The minimum Gasteiger partial charge on any atom is -0.467 e. The van der Waals surface area contributed by atoms with Crippen molar-refractivity contribution in [2.24, 2.45) is 5.41 Å². The van der Waals surface area contributed by atoms with Crippen molar-refractivity contribution in [3.8, 4) is 6.01 Å². The molecule has 4 rings (SSSR count). The Kier molecular flexibility index (Phi) is 5.09. The van der Waals surface area contributed by atoms with E-state index >= 15 is 0 Å².